The van der Waals surface area contributed by atoms with Crippen molar-refractivity contribution in [1.29, 1.82) is 0 Å². The summed E-state index contributed by atoms with van der Waals surface area (Å²) in [6.45, 7) is 1.83. The summed E-state index contributed by atoms with van der Waals surface area (Å²) in [6.07, 6.45) is 2.80. The molecule has 32 heavy (non-hydrogen) atoms. The Morgan fingerprint density at radius 3 is 2.84 bits per heavy atom. The Kier molecular flexibility index (Phi) is 7.01. The van der Waals surface area contributed by atoms with Crippen molar-refractivity contribution < 1.29 is 18.7 Å². The number of methoxy groups -OCH3 is 2. The molecule has 3 aromatic rings. The van der Waals surface area contributed by atoms with Gasteiger partial charge in [-0.3, -0.25) is 4.79 Å². The molecule has 0 bridgehead atoms. The van der Waals surface area contributed by atoms with Crippen molar-refractivity contribution in [3.8, 4) is 5.75 Å². The number of aromatic nitrogens is 4. The van der Waals surface area contributed by atoms with Crippen molar-refractivity contribution in [1.82, 2.24) is 20.4 Å². The number of ketones is 1. The lowest BCUT2D eigenvalue weighted by molar-refractivity contribution is -0.128. The molecule has 0 spiro atoms. The smallest absolute Gasteiger partial charge is 0.172 e. The van der Waals surface area contributed by atoms with E-state index >= 15 is 0 Å². The number of carbonyl (C=O) groups excluding carboxylic acids is 1. The minimum Gasteiger partial charge on any atom is -0.494 e. The zero-order valence-electron chi connectivity index (χ0n) is 17.9. The van der Waals surface area contributed by atoms with Gasteiger partial charge in [0.05, 0.1) is 13.5 Å². The van der Waals surface area contributed by atoms with Gasteiger partial charge >= 0.3 is 0 Å². The Labute approximate surface area is 189 Å². The van der Waals surface area contributed by atoms with Crippen molar-refractivity contribution in [2.24, 2.45) is 5.92 Å². The third-order valence-corrected chi connectivity index (χ3v) is 6.42. The summed E-state index contributed by atoms with van der Waals surface area (Å²) in [6, 6.07) is 8.13. The molecule has 1 aliphatic heterocycles. The van der Waals surface area contributed by atoms with Gasteiger partial charge in [0.1, 0.15) is 16.1 Å². The monoisotopic (exact) mass is 457 g/mol. The van der Waals surface area contributed by atoms with Crippen molar-refractivity contribution in [2.75, 3.05) is 32.2 Å². The third kappa shape index (κ3) is 5.08. The van der Waals surface area contributed by atoms with E-state index in [-0.39, 0.29) is 18.0 Å². The van der Waals surface area contributed by atoms with Crippen LogP contribution in [-0.2, 0) is 22.4 Å². The minimum atomic E-state index is -0.827. The van der Waals surface area contributed by atoms with Crippen molar-refractivity contribution >= 4 is 22.9 Å². The van der Waals surface area contributed by atoms with Crippen LogP contribution in [-0.4, -0.2) is 53.5 Å². The van der Waals surface area contributed by atoms with Crippen LogP contribution in [0.1, 0.15) is 28.1 Å². The van der Waals surface area contributed by atoms with Crippen LogP contribution in [0.25, 0.3) is 0 Å². The number of hydrogen-bond donors (Lipinski definition) is 0. The van der Waals surface area contributed by atoms with Crippen LogP contribution in [0.15, 0.2) is 36.5 Å². The molecule has 0 radical (unpaired) electrons. The van der Waals surface area contributed by atoms with Crippen LogP contribution in [0, 0.1) is 11.7 Å². The molecule has 2 aromatic heterocycles. The van der Waals surface area contributed by atoms with Crippen LogP contribution in [0.3, 0.4) is 0 Å². The van der Waals surface area contributed by atoms with Crippen LogP contribution < -0.4 is 9.64 Å². The van der Waals surface area contributed by atoms with Crippen LogP contribution in [0.5, 0.6) is 5.75 Å². The summed E-state index contributed by atoms with van der Waals surface area (Å²) in [5, 5.41) is 18.2. The number of nitrogens with zero attached hydrogens (tertiary/aromatic N) is 5. The molecule has 8 nitrogen and oxygen atoms in total. The molecule has 0 unspecified atom stereocenters. The van der Waals surface area contributed by atoms with Gasteiger partial charge in [-0.15, -0.1) is 26.6 Å². The predicted molar refractivity (Wildman–Crippen MR) is 117 cm³/mol. The standard InChI is InChI=1S/C22H24FN5O3S/c1-30-18-11-15(5-6-16(18)23)22(31-2)17(29)12-21-27-26-20(32-21)10-14-7-9-28(13-14)19-4-3-8-24-25-19/h3-6,8,11,14,22H,7,9-10,12-13H2,1-2H3/t14-,22+/m0/s1. The zero-order valence-corrected chi connectivity index (χ0v) is 18.7. The van der Waals surface area contributed by atoms with Gasteiger partial charge in [0.2, 0.25) is 0 Å². The topological polar surface area (TPSA) is 90.3 Å². The lowest BCUT2D eigenvalue weighted by Crippen LogP contribution is -2.21. The summed E-state index contributed by atoms with van der Waals surface area (Å²) in [7, 11) is 2.83. The van der Waals surface area contributed by atoms with Gasteiger partial charge in [-0.1, -0.05) is 6.07 Å². The molecule has 10 heteroatoms. The molecule has 1 saturated heterocycles. The molecule has 0 saturated carbocycles. The number of anilines is 1. The lowest BCUT2D eigenvalue weighted by atomic mass is 10.0. The highest BCUT2D eigenvalue weighted by molar-refractivity contribution is 7.11. The van der Waals surface area contributed by atoms with Crippen LogP contribution in [0.4, 0.5) is 10.2 Å². The van der Waals surface area contributed by atoms with Crippen LogP contribution >= 0.6 is 11.3 Å². The number of rotatable bonds is 9. The van der Waals surface area contributed by atoms with Gasteiger partial charge in [-0.25, -0.2) is 4.39 Å². The first-order chi connectivity index (χ1) is 15.6. The Morgan fingerprint density at radius 2 is 2.09 bits per heavy atom. The first-order valence-corrected chi connectivity index (χ1v) is 11.1. The van der Waals surface area contributed by atoms with Crippen molar-refractivity contribution in [3.63, 3.8) is 0 Å². The predicted octanol–water partition coefficient (Wildman–Crippen LogP) is 3.04. The van der Waals surface area contributed by atoms with E-state index in [4.69, 9.17) is 9.47 Å². The highest BCUT2D eigenvalue weighted by Crippen LogP contribution is 2.28. The molecule has 1 aliphatic rings. The molecular formula is C22H24FN5O3S. The van der Waals surface area contributed by atoms with Gasteiger partial charge in [0, 0.05) is 32.8 Å². The van der Waals surface area contributed by atoms with E-state index in [1.807, 2.05) is 12.1 Å². The summed E-state index contributed by atoms with van der Waals surface area (Å²) < 4.78 is 24.1. The summed E-state index contributed by atoms with van der Waals surface area (Å²) in [5.41, 5.74) is 0.538. The third-order valence-electron chi connectivity index (χ3n) is 5.47. The normalized spacial score (nSPS) is 16.8. The van der Waals surface area contributed by atoms with Gasteiger partial charge in [0.25, 0.3) is 0 Å². The van der Waals surface area contributed by atoms with Crippen LogP contribution in [0.2, 0.25) is 0 Å². The Hall–Kier alpha value is -2.98. The molecule has 3 heterocycles. The SMILES string of the molecule is COc1cc([C@@H](OC)C(=O)Cc2nnc(C[C@@H]3CCN(c4cccnn4)C3)s2)ccc1F. The highest BCUT2D eigenvalue weighted by atomic mass is 32.1. The number of hydrogen-bond acceptors (Lipinski definition) is 9. The fourth-order valence-corrected chi connectivity index (χ4v) is 4.86. The van der Waals surface area contributed by atoms with Gasteiger partial charge in [0.15, 0.2) is 23.2 Å². The fourth-order valence-electron chi connectivity index (χ4n) is 3.89. The molecule has 4 rings (SSSR count). The molecule has 168 valence electrons. The van der Waals surface area contributed by atoms with E-state index in [0.717, 1.165) is 36.8 Å². The van der Waals surface area contributed by atoms with E-state index in [1.165, 1.54) is 43.8 Å². The first kappa shape index (κ1) is 22.2. The number of ether oxygens (including phenoxy) is 2. The second kappa shape index (κ2) is 10.1. The van der Waals surface area contributed by atoms with E-state index < -0.39 is 11.9 Å². The molecule has 1 aromatic carbocycles. The Morgan fingerprint density at radius 1 is 1.25 bits per heavy atom. The van der Waals surface area contributed by atoms with Crippen molar-refractivity contribution in [3.05, 3.63) is 57.9 Å². The van der Waals surface area contributed by atoms with Gasteiger partial charge < -0.3 is 14.4 Å². The van der Waals surface area contributed by atoms with E-state index in [0.29, 0.717) is 16.5 Å². The number of benzene rings is 1. The Bertz CT molecular complexity index is 1060. The second-order valence-electron chi connectivity index (χ2n) is 7.63. The maximum atomic E-state index is 13.7. The number of halogens is 1. The zero-order chi connectivity index (χ0) is 22.5. The van der Waals surface area contributed by atoms with Crippen molar-refractivity contribution in [2.45, 2.75) is 25.4 Å². The average Bonchev–Trinajstić information content (AvgIpc) is 3.46. The number of carbonyl (C=O) groups is 1. The molecule has 0 N–H and O–H groups in total. The summed E-state index contributed by atoms with van der Waals surface area (Å²) in [5.74, 6) is 0.756. The molecule has 2 atom stereocenters. The minimum absolute atomic E-state index is 0.0719. The summed E-state index contributed by atoms with van der Waals surface area (Å²) >= 11 is 1.45. The van der Waals surface area contributed by atoms with E-state index in [2.05, 4.69) is 25.3 Å². The molecule has 0 aliphatic carbocycles. The second-order valence-corrected chi connectivity index (χ2v) is 8.78. The molecule has 0 amide bonds. The summed E-state index contributed by atoms with van der Waals surface area (Å²) in [4.78, 5) is 15.1. The Balaban J connectivity index is 1.36. The fraction of sp³-hybridized carbons (Fsp3) is 0.409. The van der Waals surface area contributed by atoms with Gasteiger partial charge in [-0.2, -0.15) is 5.10 Å². The first-order valence-electron chi connectivity index (χ1n) is 10.3. The van der Waals surface area contributed by atoms with E-state index in [1.54, 1.807) is 6.20 Å². The maximum Gasteiger partial charge on any atom is 0.172 e. The molecule has 1 fully saturated rings. The maximum absolute atomic E-state index is 13.7. The largest absolute Gasteiger partial charge is 0.494 e. The quantitative estimate of drug-likeness (QED) is 0.484. The number of Topliss-reactive ketones (excluding diaryl/α,β-unsaturated/α-hetero) is 1. The van der Waals surface area contributed by atoms with Gasteiger partial charge in [-0.05, 0) is 42.2 Å². The highest BCUT2D eigenvalue weighted by Gasteiger charge is 2.26. The van der Waals surface area contributed by atoms with E-state index in [9.17, 15) is 9.18 Å². The molecular weight excluding hydrogens is 433 g/mol. The average molecular weight is 458 g/mol. The lowest BCUT2D eigenvalue weighted by Gasteiger charge is -2.16.